The molecule has 0 aromatic carbocycles. The van der Waals surface area contributed by atoms with Gasteiger partial charge in [0.25, 0.3) is 0 Å². The van der Waals surface area contributed by atoms with Crippen LogP contribution in [0.4, 0.5) is 13.2 Å². The number of hydrogen-bond acceptors (Lipinski definition) is 2. The number of alkyl halides is 3. The fourth-order valence-electron chi connectivity index (χ4n) is 2.77. The van der Waals surface area contributed by atoms with Crippen molar-refractivity contribution < 1.29 is 18.0 Å². The van der Waals surface area contributed by atoms with Crippen LogP contribution in [0.5, 0.6) is 0 Å². The molecule has 0 radical (unpaired) electrons. The normalized spacial score (nSPS) is 18.1. The van der Waals surface area contributed by atoms with E-state index in [9.17, 15) is 18.0 Å². The van der Waals surface area contributed by atoms with Gasteiger partial charge in [0.05, 0.1) is 12.5 Å². The lowest BCUT2D eigenvalue weighted by molar-refractivity contribution is -0.141. The largest absolute Gasteiger partial charge is 0.435 e. The molecule has 1 aliphatic rings. The monoisotopic (exact) mass is 317 g/mol. The van der Waals surface area contributed by atoms with Crippen LogP contribution < -0.4 is 0 Å². The van der Waals surface area contributed by atoms with Crippen LogP contribution in [-0.2, 0) is 17.5 Å². The lowest BCUT2D eigenvalue weighted by Gasteiger charge is -2.24. The Hall–Kier alpha value is -1.53. The fraction of sp³-hybridized carbons (Fsp3) is 0.733. The van der Waals surface area contributed by atoms with Crippen molar-refractivity contribution in [2.24, 2.45) is 5.92 Å². The van der Waals surface area contributed by atoms with Gasteiger partial charge >= 0.3 is 6.18 Å². The minimum Gasteiger partial charge on any atom is -0.342 e. The second kappa shape index (κ2) is 6.71. The highest BCUT2D eigenvalue weighted by molar-refractivity contribution is 5.78. The highest BCUT2D eigenvalue weighted by atomic mass is 19.4. The molecule has 1 atom stereocenters. The maximum Gasteiger partial charge on any atom is 0.435 e. The highest BCUT2D eigenvalue weighted by Crippen LogP contribution is 2.28. The zero-order chi connectivity index (χ0) is 16.3. The van der Waals surface area contributed by atoms with E-state index in [-0.39, 0.29) is 18.4 Å². The third kappa shape index (κ3) is 4.01. The molecule has 1 fully saturated rings. The first kappa shape index (κ1) is 16.8. The number of carbonyl (C=O) groups excluding carboxylic acids is 1. The van der Waals surface area contributed by atoms with Crippen molar-refractivity contribution in [3.05, 3.63) is 17.5 Å². The van der Waals surface area contributed by atoms with Crippen LogP contribution in [-0.4, -0.2) is 33.7 Å². The van der Waals surface area contributed by atoms with Crippen LogP contribution in [0.25, 0.3) is 0 Å². The van der Waals surface area contributed by atoms with Gasteiger partial charge in [-0.05, 0) is 25.8 Å². The van der Waals surface area contributed by atoms with Gasteiger partial charge in [-0.25, -0.2) is 0 Å². The topological polar surface area (TPSA) is 38.1 Å². The molecule has 7 heteroatoms. The average molecular weight is 317 g/mol. The van der Waals surface area contributed by atoms with Crippen molar-refractivity contribution >= 4 is 5.91 Å². The third-order valence-corrected chi connectivity index (χ3v) is 4.06. The Morgan fingerprint density at radius 3 is 2.36 bits per heavy atom. The van der Waals surface area contributed by atoms with E-state index < -0.39 is 11.9 Å². The summed E-state index contributed by atoms with van der Waals surface area (Å²) in [5.74, 6) is -0.372. The number of aryl methyl sites for hydroxylation is 1. The number of carbonyl (C=O) groups is 1. The van der Waals surface area contributed by atoms with Crippen molar-refractivity contribution in [1.29, 1.82) is 0 Å². The van der Waals surface area contributed by atoms with E-state index in [2.05, 4.69) is 5.10 Å². The SMILES string of the molecule is Cc1cc(C(F)(F)F)nn1CC(C)C(=O)N1CCCCCC1. The lowest BCUT2D eigenvalue weighted by Crippen LogP contribution is -2.37. The summed E-state index contributed by atoms with van der Waals surface area (Å²) in [5, 5.41) is 3.59. The van der Waals surface area contributed by atoms with E-state index in [4.69, 9.17) is 0 Å². The summed E-state index contributed by atoms with van der Waals surface area (Å²) >= 11 is 0. The van der Waals surface area contributed by atoms with Crippen LogP contribution in [0.15, 0.2) is 6.07 Å². The van der Waals surface area contributed by atoms with Crippen molar-refractivity contribution in [2.45, 2.75) is 52.3 Å². The number of aromatic nitrogens is 2. The summed E-state index contributed by atoms with van der Waals surface area (Å²) in [6.07, 6.45) is -0.195. The van der Waals surface area contributed by atoms with E-state index in [1.165, 1.54) is 4.68 Å². The molecule has 4 nitrogen and oxygen atoms in total. The Bertz CT molecular complexity index is 517. The first-order valence-corrected chi connectivity index (χ1v) is 7.69. The predicted octanol–water partition coefficient (Wildman–Crippen LogP) is 3.25. The first-order valence-electron chi connectivity index (χ1n) is 7.69. The molecule has 0 N–H and O–H groups in total. The molecule has 0 bridgehead atoms. The van der Waals surface area contributed by atoms with Gasteiger partial charge in [0, 0.05) is 18.8 Å². The summed E-state index contributed by atoms with van der Waals surface area (Å²) in [6.45, 7) is 4.99. The van der Waals surface area contributed by atoms with Crippen molar-refractivity contribution in [1.82, 2.24) is 14.7 Å². The van der Waals surface area contributed by atoms with Gasteiger partial charge < -0.3 is 4.90 Å². The zero-order valence-electron chi connectivity index (χ0n) is 13.0. The molecule has 1 unspecified atom stereocenters. The van der Waals surface area contributed by atoms with Crippen molar-refractivity contribution in [2.75, 3.05) is 13.1 Å². The summed E-state index contributed by atoms with van der Waals surface area (Å²) in [6, 6.07) is 1.02. The molecular weight excluding hydrogens is 295 g/mol. The van der Waals surface area contributed by atoms with Gasteiger partial charge in [-0.2, -0.15) is 18.3 Å². The van der Waals surface area contributed by atoms with Crippen LogP contribution in [0, 0.1) is 12.8 Å². The maximum atomic E-state index is 12.7. The van der Waals surface area contributed by atoms with E-state index in [1.54, 1.807) is 13.8 Å². The van der Waals surface area contributed by atoms with E-state index in [0.717, 1.165) is 44.8 Å². The second-order valence-corrected chi connectivity index (χ2v) is 5.99. The quantitative estimate of drug-likeness (QED) is 0.858. The van der Waals surface area contributed by atoms with Gasteiger partial charge in [-0.15, -0.1) is 0 Å². The third-order valence-electron chi connectivity index (χ3n) is 4.06. The molecule has 0 aliphatic carbocycles. The lowest BCUT2D eigenvalue weighted by atomic mass is 10.1. The molecule has 2 heterocycles. The molecule has 22 heavy (non-hydrogen) atoms. The molecule has 124 valence electrons. The Morgan fingerprint density at radius 2 is 1.86 bits per heavy atom. The minimum atomic E-state index is -4.45. The number of hydrogen-bond donors (Lipinski definition) is 0. The molecule has 0 saturated carbocycles. The van der Waals surface area contributed by atoms with Gasteiger partial charge in [-0.1, -0.05) is 19.8 Å². The number of halogens is 3. The first-order chi connectivity index (χ1) is 10.3. The molecule has 1 amide bonds. The van der Waals surface area contributed by atoms with Crippen LogP contribution in [0.1, 0.15) is 44.0 Å². The van der Waals surface area contributed by atoms with Crippen LogP contribution >= 0.6 is 0 Å². The van der Waals surface area contributed by atoms with Gasteiger partial charge in [0.15, 0.2) is 5.69 Å². The maximum absolute atomic E-state index is 12.7. The Kier molecular flexibility index (Phi) is 5.13. The summed E-state index contributed by atoms with van der Waals surface area (Å²) in [5.41, 5.74) is -0.484. The number of amides is 1. The average Bonchev–Trinajstić information content (AvgIpc) is 2.67. The Morgan fingerprint density at radius 1 is 1.27 bits per heavy atom. The smallest absolute Gasteiger partial charge is 0.342 e. The number of rotatable bonds is 3. The summed E-state index contributed by atoms with van der Waals surface area (Å²) < 4.78 is 39.3. The van der Waals surface area contributed by atoms with Crippen LogP contribution in [0.3, 0.4) is 0 Å². The van der Waals surface area contributed by atoms with Crippen molar-refractivity contribution in [3.8, 4) is 0 Å². The molecule has 1 saturated heterocycles. The van der Waals surface area contributed by atoms with Crippen LogP contribution in [0.2, 0.25) is 0 Å². The number of nitrogens with zero attached hydrogens (tertiary/aromatic N) is 3. The Balaban J connectivity index is 2.03. The summed E-state index contributed by atoms with van der Waals surface area (Å²) in [4.78, 5) is 14.3. The molecule has 1 aliphatic heterocycles. The highest BCUT2D eigenvalue weighted by Gasteiger charge is 2.34. The second-order valence-electron chi connectivity index (χ2n) is 5.99. The molecule has 1 aromatic rings. The molecule has 2 rings (SSSR count). The predicted molar refractivity (Wildman–Crippen MR) is 76.2 cm³/mol. The van der Waals surface area contributed by atoms with E-state index in [0.29, 0.717) is 5.69 Å². The summed E-state index contributed by atoms with van der Waals surface area (Å²) in [7, 11) is 0. The van der Waals surface area contributed by atoms with Gasteiger partial charge in [-0.3, -0.25) is 9.48 Å². The standard InChI is InChI=1S/C15H22F3N3O/c1-11(14(22)20-7-5-3-4-6-8-20)10-21-12(2)9-13(19-21)15(16,17)18/h9,11H,3-8,10H2,1-2H3. The number of likely N-dealkylation sites (tertiary alicyclic amines) is 1. The minimum absolute atomic E-state index is 0.00496. The molecular formula is C15H22F3N3O. The fourth-order valence-corrected chi connectivity index (χ4v) is 2.77. The van der Waals surface area contributed by atoms with E-state index in [1.807, 2.05) is 4.90 Å². The molecule has 1 aromatic heterocycles. The van der Waals surface area contributed by atoms with Crippen molar-refractivity contribution in [3.63, 3.8) is 0 Å². The van der Waals surface area contributed by atoms with E-state index >= 15 is 0 Å². The van der Waals surface area contributed by atoms with Gasteiger partial charge in [0.1, 0.15) is 0 Å². The Labute approximate surface area is 128 Å². The van der Waals surface area contributed by atoms with Gasteiger partial charge in [0.2, 0.25) is 5.91 Å². The zero-order valence-corrected chi connectivity index (χ0v) is 13.0. The molecule has 0 spiro atoms.